The van der Waals surface area contributed by atoms with E-state index < -0.39 is 0 Å². The van der Waals surface area contributed by atoms with Gasteiger partial charge in [-0.15, -0.1) is 0 Å². The molecule has 4 rings (SSSR count). The highest BCUT2D eigenvalue weighted by molar-refractivity contribution is 5.85. The third-order valence-electron chi connectivity index (χ3n) is 5.94. The van der Waals surface area contributed by atoms with E-state index in [1.165, 1.54) is 6.07 Å². The smallest absolute Gasteiger partial charge is 0.193 e. The van der Waals surface area contributed by atoms with Gasteiger partial charge in [0, 0.05) is 22.8 Å². The van der Waals surface area contributed by atoms with Gasteiger partial charge in [0.15, 0.2) is 5.43 Å². The van der Waals surface area contributed by atoms with Gasteiger partial charge in [-0.05, 0) is 90.3 Å². The van der Waals surface area contributed by atoms with Crippen LogP contribution < -0.4 is 10.2 Å². The van der Waals surface area contributed by atoms with Crippen molar-refractivity contribution in [3.63, 3.8) is 0 Å². The first-order valence-electron chi connectivity index (χ1n) is 11.6. The Hall–Kier alpha value is -3.53. The first kappa shape index (κ1) is 23.6. The fourth-order valence-corrected chi connectivity index (χ4v) is 4.05. The van der Waals surface area contributed by atoms with Gasteiger partial charge in [0.05, 0.1) is 5.39 Å². The van der Waals surface area contributed by atoms with Gasteiger partial charge in [0.2, 0.25) is 0 Å². The van der Waals surface area contributed by atoms with Crippen LogP contribution in [0.15, 0.2) is 68.9 Å². The van der Waals surface area contributed by atoms with Crippen molar-refractivity contribution >= 4 is 17.0 Å². The molecule has 1 aromatic heterocycles. The molecule has 0 atom stereocenters. The number of hydrogen-bond acceptors (Lipinski definition) is 4. The number of aromatic hydroxyl groups is 1. The zero-order valence-corrected chi connectivity index (χ0v) is 20.8. The molecule has 0 radical (unpaired) electrons. The number of rotatable bonds is 5. The van der Waals surface area contributed by atoms with E-state index in [1.807, 2.05) is 84.0 Å². The molecule has 4 heteroatoms. The zero-order valence-electron chi connectivity index (χ0n) is 20.8. The number of ether oxygens (including phenoxy) is 1. The summed E-state index contributed by atoms with van der Waals surface area (Å²) in [6.45, 7) is 12.1. The standard InChI is InChI=1S/C30H32O4/c1-18(2)7-9-22-16-24-25(31)17-27(33-29(24)23(28(22)32)11-8-19(3)4)20-10-12-26-21(15-20)13-14-30(5,6)34-26/h7-8,10,12-17,32H,9,11H2,1-6H3. The quantitative estimate of drug-likeness (QED) is 0.407. The first-order chi connectivity index (χ1) is 16.0. The molecule has 0 bridgehead atoms. The molecule has 2 aromatic carbocycles. The molecule has 176 valence electrons. The van der Waals surface area contributed by atoms with E-state index in [0.29, 0.717) is 35.1 Å². The number of phenolic OH excluding ortho intramolecular Hbond substituents is 1. The molecule has 4 nitrogen and oxygen atoms in total. The van der Waals surface area contributed by atoms with E-state index in [9.17, 15) is 9.90 Å². The van der Waals surface area contributed by atoms with Crippen LogP contribution in [0.2, 0.25) is 0 Å². The van der Waals surface area contributed by atoms with Crippen molar-refractivity contribution in [2.45, 2.75) is 60.0 Å². The SMILES string of the molecule is CC(C)=CCc1cc2c(=O)cc(-c3ccc4c(c3)C=CC(C)(C)O4)oc2c(CC=C(C)C)c1O. The Bertz CT molecular complexity index is 1410. The number of fused-ring (bicyclic) bond motifs is 2. The van der Waals surface area contributed by atoms with Crippen molar-refractivity contribution in [1.82, 2.24) is 0 Å². The summed E-state index contributed by atoms with van der Waals surface area (Å²) >= 11 is 0. The number of hydrogen-bond donors (Lipinski definition) is 1. The lowest BCUT2D eigenvalue weighted by Gasteiger charge is -2.28. The van der Waals surface area contributed by atoms with Gasteiger partial charge in [-0.3, -0.25) is 4.79 Å². The van der Waals surface area contributed by atoms with E-state index in [1.54, 1.807) is 6.07 Å². The molecule has 3 aromatic rings. The number of phenols is 1. The van der Waals surface area contributed by atoms with Gasteiger partial charge in [0.25, 0.3) is 0 Å². The summed E-state index contributed by atoms with van der Waals surface area (Å²) in [4.78, 5) is 13.2. The maximum atomic E-state index is 13.2. The Kier molecular flexibility index (Phi) is 6.26. The minimum atomic E-state index is -0.357. The van der Waals surface area contributed by atoms with Crippen molar-refractivity contribution in [3.05, 3.63) is 86.6 Å². The van der Waals surface area contributed by atoms with E-state index in [2.05, 4.69) is 0 Å². The Labute approximate surface area is 200 Å². The maximum absolute atomic E-state index is 13.2. The van der Waals surface area contributed by atoms with Crippen LogP contribution in [0.1, 0.15) is 58.2 Å². The van der Waals surface area contributed by atoms with E-state index >= 15 is 0 Å². The van der Waals surface area contributed by atoms with Crippen LogP contribution in [0, 0.1) is 0 Å². The van der Waals surface area contributed by atoms with Crippen molar-refractivity contribution in [1.29, 1.82) is 0 Å². The van der Waals surface area contributed by atoms with Crippen molar-refractivity contribution in [3.8, 4) is 22.8 Å². The molecule has 2 heterocycles. The topological polar surface area (TPSA) is 59.7 Å². The van der Waals surface area contributed by atoms with Gasteiger partial charge in [0.1, 0.15) is 28.4 Å². The molecule has 0 amide bonds. The Balaban J connectivity index is 1.89. The van der Waals surface area contributed by atoms with Gasteiger partial charge < -0.3 is 14.3 Å². The monoisotopic (exact) mass is 456 g/mol. The average Bonchev–Trinajstić information content (AvgIpc) is 2.76. The molecule has 1 N–H and O–H groups in total. The second-order valence-corrected chi connectivity index (χ2v) is 9.98. The summed E-state index contributed by atoms with van der Waals surface area (Å²) in [5.41, 5.74) is 5.32. The van der Waals surface area contributed by atoms with Crippen LogP contribution in [0.4, 0.5) is 0 Å². The molecule has 0 saturated heterocycles. The summed E-state index contributed by atoms with van der Waals surface area (Å²) in [6.07, 6.45) is 9.17. The summed E-state index contributed by atoms with van der Waals surface area (Å²) in [7, 11) is 0. The first-order valence-corrected chi connectivity index (χ1v) is 11.6. The summed E-state index contributed by atoms with van der Waals surface area (Å²) in [6, 6.07) is 9.07. The van der Waals surface area contributed by atoms with Crippen LogP contribution in [0.25, 0.3) is 28.4 Å². The fourth-order valence-electron chi connectivity index (χ4n) is 4.05. The summed E-state index contributed by atoms with van der Waals surface area (Å²) in [5.74, 6) is 1.45. The van der Waals surface area contributed by atoms with Gasteiger partial charge in [-0.25, -0.2) is 0 Å². The second kappa shape index (κ2) is 9.02. The number of benzene rings is 2. The molecule has 0 spiro atoms. The molecule has 0 fully saturated rings. The lowest BCUT2D eigenvalue weighted by Crippen LogP contribution is -2.27. The van der Waals surface area contributed by atoms with Crippen LogP contribution in [0.3, 0.4) is 0 Å². The van der Waals surface area contributed by atoms with Crippen molar-refractivity contribution in [2.75, 3.05) is 0 Å². The minimum absolute atomic E-state index is 0.126. The highest BCUT2D eigenvalue weighted by Crippen LogP contribution is 2.37. The van der Waals surface area contributed by atoms with Gasteiger partial charge in [-0.1, -0.05) is 29.4 Å². The molecule has 0 aliphatic carbocycles. The lowest BCUT2D eigenvalue weighted by atomic mass is 9.97. The summed E-state index contributed by atoms with van der Waals surface area (Å²) in [5, 5.41) is 11.6. The maximum Gasteiger partial charge on any atom is 0.193 e. The Morgan fingerprint density at radius 1 is 1.00 bits per heavy atom. The van der Waals surface area contributed by atoms with Crippen LogP contribution >= 0.6 is 0 Å². The van der Waals surface area contributed by atoms with Crippen LogP contribution in [-0.4, -0.2) is 10.7 Å². The van der Waals surface area contributed by atoms with Crippen molar-refractivity contribution < 1.29 is 14.3 Å². The molecule has 0 saturated carbocycles. The zero-order chi connectivity index (χ0) is 24.6. The highest BCUT2D eigenvalue weighted by atomic mass is 16.5. The molecule has 0 unspecified atom stereocenters. The minimum Gasteiger partial charge on any atom is -0.507 e. The third-order valence-corrected chi connectivity index (χ3v) is 5.94. The Morgan fingerprint density at radius 3 is 2.41 bits per heavy atom. The third kappa shape index (κ3) is 4.86. The lowest BCUT2D eigenvalue weighted by molar-refractivity contribution is 0.159. The molecular weight excluding hydrogens is 424 g/mol. The molecule has 1 aliphatic rings. The summed E-state index contributed by atoms with van der Waals surface area (Å²) < 4.78 is 12.3. The predicted octanol–water partition coefficient (Wildman–Crippen LogP) is 7.37. The molecular formula is C30H32O4. The van der Waals surface area contributed by atoms with Gasteiger partial charge >= 0.3 is 0 Å². The number of allylic oxidation sites excluding steroid dienone is 4. The van der Waals surface area contributed by atoms with Crippen LogP contribution in [-0.2, 0) is 12.8 Å². The second-order valence-electron chi connectivity index (χ2n) is 9.98. The van der Waals surface area contributed by atoms with E-state index in [4.69, 9.17) is 9.15 Å². The van der Waals surface area contributed by atoms with E-state index in [-0.39, 0.29) is 16.8 Å². The van der Waals surface area contributed by atoms with Crippen molar-refractivity contribution in [2.24, 2.45) is 0 Å². The van der Waals surface area contributed by atoms with Gasteiger partial charge in [-0.2, -0.15) is 0 Å². The van der Waals surface area contributed by atoms with Crippen LogP contribution in [0.5, 0.6) is 11.5 Å². The molecule has 1 aliphatic heterocycles. The Morgan fingerprint density at radius 2 is 1.71 bits per heavy atom. The largest absolute Gasteiger partial charge is 0.507 e. The normalized spacial score (nSPS) is 13.8. The molecule has 34 heavy (non-hydrogen) atoms. The fraction of sp³-hybridized carbons (Fsp3) is 0.300. The predicted molar refractivity (Wildman–Crippen MR) is 140 cm³/mol. The average molecular weight is 457 g/mol. The van der Waals surface area contributed by atoms with E-state index in [0.717, 1.165) is 33.6 Å². The highest BCUT2D eigenvalue weighted by Gasteiger charge is 2.22.